The normalized spacial score (nSPS) is 12.2. The van der Waals surface area contributed by atoms with E-state index in [0.717, 1.165) is 11.1 Å². The van der Waals surface area contributed by atoms with Crippen LogP contribution in [0.25, 0.3) is 0 Å². The number of hydrogen-bond acceptors (Lipinski definition) is 1. The van der Waals surface area contributed by atoms with Gasteiger partial charge in [0, 0.05) is 0 Å². The molecule has 0 saturated heterocycles. The van der Waals surface area contributed by atoms with Gasteiger partial charge in [0.2, 0.25) is 0 Å². The van der Waals surface area contributed by atoms with Gasteiger partial charge in [-0.05, 0) is 28.9 Å². The molecule has 17 heavy (non-hydrogen) atoms. The largest absolute Gasteiger partial charge is 1.00 e. The van der Waals surface area contributed by atoms with Crippen molar-refractivity contribution in [3.8, 4) is 5.75 Å². The third kappa shape index (κ3) is 4.45. The Kier molecular flexibility index (Phi) is 6.14. The smallest absolute Gasteiger partial charge is 0.872 e. The van der Waals surface area contributed by atoms with Crippen molar-refractivity contribution in [2.24, 2.45) is 0 Å². The predicted molar refractivity (Wildman–Crippen MR) is 68.0 cm³/mol. The molecule has 0 aliphatic carbocycles. The Morgan fingerprint density at radius 1 is 0.824 bits per heavy atom. The Labute approximate surface area is 155 Å². The van der Waals surface area contributed by atoms with Gasteiger partial charge in [-0.15, -0.1) is 5.75 Å². The van der Waals surface area contributed by atoms with E-state index in [1.807, 2.05) is 12.1 Å². The zero-order valence-corrected chi connectivity index (χ0v) is 17.5. The second-order valence-corrected chi connectivity index (χ2v) is 6.69. The first kappa shape index (κ1) is 17.8. The second-order valence-electron chi connectivity index (χ2n) is 6.69. The molecule has 0 aliphatic heterocycles. The van der Waals surface area contributed by atoms with Crippen LogP contribution in [0.15, 0.2) is 12.1 Å². The standard InChI is InChI=1S/C15H24O.Rb/c1-10-8-11(14(2,3)4)13(16)12(9-10)15(5,6)7;/h8-9,16H,1-7H3;/q;+1/p-1. The Hall–Kier alpha value is 0.825. The van der Waals surface area contributed by atoms with Crippen LogP contribution >= 0.6 is 0 Å². The Bertz CT molecular complexity index is 359. The molecule has 0 heterocycles. The van der Waals surface area contributed by atoms with Crippen LogP contribution in [0.2, 0.25) is 0 Å². The third-order valence-electron chi connectivity index (χ3n) is 2.85. The Balaban J connectivity index is 0.00000256. The van der Waals surface area contributed by atoms with Gasteiger partial charge in [0.1, 0.15) is 0 Å². The van der Waals surface area contributed by atoms with Gasteiger partial charge in [-0.1, -0.05) is 59.2 Å². The Morgan fingerprint density at radius 3 is 1.35 bits per heavy atom. The molecule has 0 atom stereocenters. The zero-order chi connectivity index (χ0) is 12.7. The predicted octanol–water partition coefficient (Wildman–Crippen LogP) is 0.668. The minimum Gasteiger partial charge on any atom is -0.872 e. The quantitative estimate of drug-likeness (QED) is 0.691. The minimum atomic E-state index is -0.0803. The van der Waals surface area contributed by atoms with E-state index in [0.29, 0.717) is 0 Å². The van der Waals surface area contributed by atoms with Crippen LogP contribution in [0.3, 0.4) is 0 Å². The number of rotatable bonds is 0. The maximum Gasteiger partial charge on any atom is 1.00 e. The van der Waals surface area contributed by atoms with Gasteiger partial charge in [-0.25, -0.2) is 0 Å². The summed E-state index contributed by atoms with van der Waals surface area (Å²) in [6.45, 7) is 14.6. The van der Waals surface area contributed by atoms with E-state index < -0.39 is 0 Å². The van der Waals surface area contributed by atoms with E-state index in [9.17, 15) is 5.11 Å². The van der Waals surface area contributed by atoms with Crippen molar-refractivity contribution in [2.75, 3.05) is 0 Å². The molecular weight excluding hydrogens is 282 g/mol. The second kappa shape index (κ2) is 5.86. The van der Waals surface area contributed by atoms with Gasteiger partial charge in [-0.2, -0.15) is 0 Å². The summed E-state index contributed by atoms with van der Waals surface area (Å²) in [5.74, 6) is 0.214. The molecule has 0 N–H and O–H groups in total. The first-order chi connectivity index (χ1) is 7.03. The van der Waals surface area contributed by atoms with Crippen LogP contribution in [0.5, 0.6) is 5.75 Å². The summed E-state index contributed by atoms with van der Waals surface area (Å²) in [4.78, 5) is 0. The molecule has 0 amide bonds. The van der Waals surface area contributed by atoms with Gasteiger partial charge < -0.3 is 5.11 Å². The summed E-state index contributed by atoms with van der Waals surface area (Å²) in [5.41, 5.74) is 2.87. The summed E-state index contributed by atoms with van der Waals surface area (Å²) >= 11 is 0. The van der Waals surface area contributed by atoms with Crippen molar-refractivity contribution >= 4 is 0 Å². The van der Waals surface area contributed by atoms with Crippen LogP contribution in [0.4, 0.5) is 0 Å². The van der Waals surface area contributed by atoms with Crippen molar-refractivity contribution in [3.05, 3.63) is 28.8 Å². The molecule has 1 aromatic rings. The average Bonchev–Trinajstić information content (AvgIpc) is 2.04. The van der Waals surface area contributed by atoms with Crippen molar-refractivity contribution in [1.29, 1.82) is 0 Å². The minimum absolute atomic E-state index is 0. The summed E-state index contributed by atoms with van der Waals surface area (Å²) in [5, 5.41) is 12.4. The van der Waals surface area contributed by atoms with Gasteiger partial charge in [0.15, 0.2) is 0 Å². The van der Waals surface area contributed by atoms with E-state index in [4.69, 9.17) is 0 Å². The first-order valence-corrected chi connectivity index (χ1v) is 5.86. The van der Waals surface area contributed by atoms with Crippen molar-refractivity contribution in [2.45, 2.75) is 59.3 Å². The summed E-state index contributed by atoms with van der Waals surface area (Å²) < 4.78 is 0. The average molecular weight is 305 g/mol. The van der Waals surface area contributed by atoms with E-state index in [1.54, 1.807) is 0 Å². The van der Waals surface area contributed by atoms with E-state index in [1.165, 1.54) is 5.56 Å². The van der Waals surface area contributed by atoms with Gasteiger partial charge in [0.05, 0.1) is 0 Å². The number of hydrogen-bond donors (Lipinski definition) is 0. The van der Waals surface area contributed by atoms with Crippen LogP contribution in [0, 0.1) is 6.92 Å². The maximum absolute atomic E-state index is 12.4. The van der Waals surface area contributed by atoms with Crippen molar-refractivity contribution < 1.29 is 63.3 Å². The Morgan fingerprint density at radius 2 is 1.12 bits per heavy atom. The SMILES string of the molecule is Cc1cc(C(C)(C)C)c([O-])c(C(C)(C)C)c1.[Rb+]. The van der Waals surface area contributed by atoms with Crippen LogP contribution in [0.1, 0.15) is 58.2 Å². The van der Waals surface area contributed by atoms with Gasteiger partial charge >= 0.3 is 58.2 Å². The van der Waals surface area contributed by atoms with Crippen LogP contribution < -0.4 is 63.3 Å². The molecular formula is C15H23ORb. The van der Waals surface area contributed by atoms with Gasteiger partial charge in [0.25, 0.3) is 0 Å². The summed E-state index contributed by atoms with van der Waals surface area (Å²) in [6, 6.07) is 4.05. The molecule has 2 heteroatoms. The molecule has 0 bridgehead atoms. The monoisotopic (exact) mass is 304 g/mol. The van der Waals surface area contributed by atoms with E-state index in [2.05, 4.69) is 48.5 Å². The molecule has 0 aromatic heterocycles. The van der Waals surface area contributed by atoms with Gasteiger partial charge in [-0.3, -0.25) is 0 Å². The van der Waals surface area contributed by atoms with E-state index in [-0.39, 0.29) is 74.8 Å². The fourth-order valence-electron chi connectivity index (χ4n) is 1.89. The first-order valence-electron chi connectivity index (χ1n) is 5.86. The molecule has 0 aliphatic rings. The topological polar surface area (TPSA) is 23.1 Å². The molecule has 0 unspecified atom stereocenters. The fourth-order valence-corrected chi connectivity index (χ4v) is 1.89. The molecule has 1 rings (SSSR count). The molecule has 90 valence electrons. The molecule has 0 fully saturated rings. The summed E-state index contributed by atoms with van der Waals surface area (Å²) in [7, 11) is 0. The van der Waals surface area contributed by atoms with Crippen molar-refractivity contribution in [3.63, 3.8) is 0 Å². The molecule has 1 aromatic carbocycles. The van der Waals surface area contributed by atoms with E-state index >= 15 is 0 Å². The maximum atomic E-state index is 12.4. The third-order valence-corrected chi connectivity index (χ3v) is 2.85. The molecule has 0 saturated carbocycles. The molecule has 0 spiro atoms. The van der Waals surface area contributed by atoms with Crippen LogP contribution in [-0.2, 0) is 10.8 Å². The van der Waals surface area contributed by atoms with Crippen LogP contribution in [-0.4, -0.2) is 0 Å². The fraction of sp³-hybridized carbons (Fsp3) is 0.600. The molecule has 0 radical (unpaired) electrons. The summed E-state index contributed by atoms with van der Waals surface area (Å²) in [6.07, 6.45) is 0. The molecule has 1 nitrogen and oxygen atoms in total. The van der Waals surface area contributed by atoms with Crippen molar-refractivity contribution in [1.82, 2.24) is 0 Å². The number of benzene rings is 1. The number of aryl methyl sites for hydroxylation is 1. The zero-order valence-electron chi connectivity index (χ0n) is 12.6.